The molecule has 0 aliphatic heterocycles. The molecule has 0 heterocycles. The standard InChI is InChI=1S/C14H16ClN/c1-2-3-4-5-6-7-14(16)12-8-10-13(15)11-9-12/h8-11,16H,2-5H2,1H3. The van der Waals surface area contributed by atoms with Crippen LogP contribution in [0.25, 0.3) is 0 Å². The molecule has 2 heteroatoms. The molecule has 0 radical (unpaired) electrons. The number of rotatable bonds is 4. The fraction of sp³-hybridized carbons (Fsp3) is 0.357. The van der Waals surface area contributed by atoms with E-state index in [9.17, 15) is 0 Å². The highest BCUT2D eigenvalue weighted by atomic mass is 35.5. The number of halogens is 1. The maximum Gasteiger partial charge on any atom is 0.111 e. The molecule has 0 aliphatic rings. The Hall–Kier alpha value is -1.26. The first-order valence-corrected chi connectivity index (χ1v) is 5.95. The van der Waals surface area contributed by atoms with Crippen molar-refractivity contribution in [3.8, 4) is 11.8 Å². The molecule has 16 heavy (non-hydrogen) atoms. The Morgan fingerprint density at radius 2 is 1.94 bits per heavy atom. The van der Waals surface area contributed by atoms with E-state index >= 15 is 0 Å². The lowest BCUT2D eigenvalue weighted by Gasteiger charge is -1.96. The largest absolute Gasteiger partial charge is 0.291 e. The van der Waals surface area contributed by atoms with E-state index in [-0.39, 0.29) is 0 Å². The second kappa shape index (κ2) is 7.09. The number of hydrogen-bond acceptors (Lipinski definition) is 1. The molecule has 0 saturated heterocycles. The highest BCUT2D eigenvalue weighted by molar-refractivity contribution is 6.30. The van der Waals surface area contributed by atoms with Crippen LogP contribution in [0.5, 0.6) is 0 Å². The lowest BCUT2D eigenvalue weighted by Crippen LogP contribution is -1.93. The van der Waals surface area contributed by atoms with E-state index in [0.717, 1.165) is 18.4 Å². The zero-order chi connectivity index (χ0) is 11.8. The van der Waals surface area contributed by atoms with Crippen molar-refractivity contribution in [2.75, 3.05) is 0 Å². The Bertz CT molecular complexity index is 395. The van der Waals surface area contributed by atoms with Crippen molar-refractivity contribution in [2.24, 2.45) is 0 Å². The second-order valence-electron chi connectivity index (χ2n) is 3.64. The molecule has 0 amide bonds. The van der Waals surface area contributed by atoms with Crippen LogP contribution in [0, 0.1) is 17.3 Å². The third-order valence-corrected chi connectivity index (χ3v) is 2.50. The van der Waals surface area contributed by atoms with Gasteiger partial charge in [-0.2, -0.15) is 0 Å². The quantitative estimate of drug-likeness (QED) is 0.456. The van der Waals surface area contributed by atoms with Gasteiger partial charge in [0.2, 0.25) is 0 Å². The van der Waals surface area contributed by atoms with Gasteiger partial charge >= 0.3 is 0 Å². The summed E-state index contributed by atoms with van der Waals surface area (Å²) in [4.78, 5) is 0. The van der Waals surface area contributed by atoms with Crippen molar-refractivity contribution in [3.05, 3.63) is 34.9 Å². The van der Waals surface area contributed by atoms with Crippen LogP contribution in [0.15, 0.2) is 24.3 Å². The molecule has 1 nitrogen and oxygen atoms in total. The van der Waals surface area contributed by atoms with Crippen LogP contribution in [0.3, 0.4) is 0 Å². The molecule has 0 aliphatic carbocycles. The minimum absolute atomic E-state index is 0.369. The number of hydrogen-bond donors (Lipinski definition) is 1. The summed E-state index contributed by atoms with van der Waals surface area (Å²) in [5, 5.41) is 8.45. The Morgan fingerprint density at radius 1 is 1.25 bits per heavy atom. The summed E-state index contributed by atoms with van der Waals surface area (Å²) in [6, 6.07) is 7.21. The van der Waals surface area contributed by atoms with Crippen LogP contribution in [0.1, 0.15) is 38.2 Å². The van der Waals surface area contributed by atoms with Crippen LogP contribution >= 0.6 is 11.6 Å². The van der Waals surface area contributed by atoms with Gasteiger partial charge in [0.15, 0.2) is 0 Å². The van der Waals surface area contributed by atoms with E-state index in [1.54, 1.807) is 12.1 Å². The zero-order valence-corrected chi connectivity index (χ0v) is 10.3. The van der Waals surface area contributed by atoms with Gasteiger partial charge in [0.25, 0.3) is 0 Å². The highest BCUT2D eigenvalue weighted by Crippen LogP contribution is 2.09. The van der Waals surface area contributed by atoms with Crippen LogP contribution in [-0.2, 0) is 0 Å². The Kier molecular flexibility index (Phi) is 5.67. The smallest absolute Gasteiger partial charge is 0.111 e. The molecule has 0 aromatic heterocycles. The van der Waals surface area contributed by atoms with E-state index in [0.29, 0.717) is 10.7 Å². The SMILES string of the molecule is CCCCCC#CC(=N)c1ccc(Cl)cc1. The van der Waals surface area contributed by atoms with Crippen LogP contribution < -0.4 is 0 Å². The minimum atomic E-state index is 0.369. The average Bonchev–Trinajstić information content (AvgIpc) is 2.29. The van der Waals surface area contributed by atoms with E-state index in [1.807, 2.05) is 12.1 Å². The van der Waals surface area contributed by atoms with E-state index in [1.165, 1.54) is 12.8 Å². The average molecular weight is 234 g/mol. The molecule has 0 bridgehead atoms. The fourth-order valence-corrected chi connectivity index (χ4v) is 1.43. The van der Waals surface area contributed by atoms with Gasteiger partial charge in [-0.3, -0.25) is 5.41 Å². The van der Waals surface area contributed by atoms with Gasteiger partial charge in [0.1, 0.15) is 5.71 Å². The number of benzene rings is 1. The van der Waals surface area contributed by atoms with Crippen molar-refractivity contribution in [1.29, 1.82) is 5.41 Å². The van der Waals surface area contributed by atoms with Gasteiger partial charge in [0.05, 0.1) is 0 Å². The van der Waals surface area contributed by atoms with Crippen LogP contribution in [0.4, 0.5) is 0 Å². The summed E-state index contributed by atoms with van der Waals surface area (Å²) in [7, 11) is 0. The Morgan fingerprint density at radius 3 is 2.56 bits per heavy atom. The molecule has 0 atom stereocenters. The van der Waals surface area contributed by atoms with Crippen molar-refractivity contribution >= 4 is 17.3 Å². The van der Waals surface area contributed by atoms with Crippen molar-refractivity contribution < 1.29 is 0 Å². The Labute approximate surface area is 102 Å². The van der Waals surface area contributed by atoms with Gasteiger partial charge in [0, 0.05) is 17.0 Å². The summed E-state index contributed by atoms with van der Waals surface area (Å²) in [6.45, 7) is 2.17. The van der Waals surface area contributed by atoms with Gasteiger partial charge in [-0.15, -0.1) is 0 Å². The summed E-state index contributed by atoms with van der Waals surface area (Å²) in [5.41, 5.74) is 1.19. The Balaban J connectivity index is 2.48. The lowest BCUT2D eigenvalue weighted by atomic mass is 10.1. The first-order valence-electron chi connectivity index (χ1n) is 5.57. The lowest BCUT2D eigenvalue weighted by molar-refractivity contribution is 0.737. The molecule has 1 rings (SSSR count). The molecule has 0 fully saturated rings. The van der Waals surface area contributed by atoms with Crippen molar-refractivity contribution in [3.63, 3.8) is 0 Å². The van der Waals surface area contributed by atoms with Crippen molar-refractivity contribution in [2.45, 2.75) is 32.6 Å². The predicted octanol–water partition coefficient (Wildman–Crippen LogP) is 4.29. The molecule has 0 saturated carbocycles. The van der Waals surface area contributed by atoms with Crippen LogP contribution in [-0.4, -0.2) is 5.71 Å². The first-order chi connectivity index (χ1) is 7.74. The maximum absolute atomic E-state index is 7.76. The van der Waals surface area contributed by atoms with Gasteiger partial charge < -0.3 is 0 Å². The second-order valence-corrected chi connectivity index (χ2v) is 4.08. The highest BCUT2D eigenvalue weighted by Gasteiger charge is 1.96. The third-order valence-electron chi connectivity index (χ3n) is 2.25. The molecule has 1 aromatic carbocycles. The number of unbranched alkanes of at least 4 members (excludes halogenated alkanes) is 3. The minimum Gasteiger partial charge on any atom is -0.291 e. The maximum atomic E-state index is 7.76. The first kappa shape index (κ1) is 12.8. The zero-order valence-electron chi connectivity index (χ0n) is 9.52. The molecular formula is C14H16ClN. The van der Waals surface area contributed by atoms with E-state index < -0.39 is 0 Å². The topological polar surface area (TPSA) is 23.9 Å². The molecule has 84 valence electrons. The monoisotopic (exact) mass is 233 g/mol. The fourth-order valence-electron chi connectivity index (χ4n) is 1.30. The molecule has 1 N–H and O–H groups in total. The van der Waals surface area contributed by atoms with Gasteiger partial charge in [-0.1, -0.05) is 49.4 Å². The summed E-state index contributed by atoms with van der Waals surface area (Å²) >= 11 is 5.77. The molecule has 0 unspecified atom stereocenters. The molecule has 0 spiro atoms. The van der Waals surface area contributed by atoms with Crippen molar-refractivity contribution in [1.82, 2.24) is 0 Å². The number of nitrogens with one attached hydrogen (secondary N) is 1. The summed E-state index contributed by atoms with van der Waals surface area (Å²) in [6.07, 6.45) is 4.42. The summed E-state index contributed by atoms with van der Waals surface area (Å²) < 4.78 is 0. The molecular weight excluding hydrogens is 218 g/mol. The van der Waals surface area contributed by atoms with Gasteiger partial charge in [-0.05, 0) is 24.5 Å². The van der Waals surface area contributed by atoms with E-state index in [4.69, 9.17) is 17.0 Å². The predicted molar refractivity (Wildman–Crippen MR) is 70.2 cm³/mol. The van der Waals surface area contributed by atoms with E-state index in [2.05, 4.69) is 18.8 Å². The summed E-state index contributed by atoms with van der Waals surface area (Å²) in [5.74, 6) is 5.89. The van der Waals surface area contributed by atoms with Gasteiger partial charge in [-0.25, -0.2) is 0 Å². The molecule has 1 aromatic rings. The third kappa shape index (κ3) is 4.51. The van der Waals surface area contributed by atoms with Crippen LogP contribution in [0.2, 0.25) is 5.02 Å². The normalized spacial score (nSPS) is 9.38.